The molecule has 2 rings (SSSR count). The van der Waals surface area contributed by atoms with E-state index in [9.17, 15) is 19.2 Å². The highest BCUT2D eigenvalue weighted by molar-refractivity contribution is 7.99. The Morgan fingerprint density at radius 2 is 2.15 bits per heavy atom. The number of aromatic nitrogens is 2. The molecule has 1 atom stereocenters. The normalized spacial score (nSPS) is 18.2. The Hall–Kier alpha value is -2.03. The number of carbonyl (C=O) groups excluding carboxylic acids is 1. The Morgan fingerprint density at radius 3 is 2.80 bits per heavy atom. The second-order valence-electron chi connectivity index (χ2n) is 4.34. The number of amides is 1. The zero-order valence-corrected chi connectivity index (χ0v) is 11.5. The second kappa shape index (κ2) is 5.53. The van der Waals surface area contributed by atoms with Crippen LogP contribution in [-0.2, 0) is 23.2 Å². The Labute approximate surface area is 117 Å². The molecule has 1 aliphatic rings. The van der Waals surface area contributed by atoms with Gasteiger partial charge in [0, 0.05) is 25.1 Å². The Kier molecular flexibility index (Phi) is 3.98. The molecule has 0 radical (unpaired) electrons. The molecule has 0 aromatic carbocycles. The van der Waals surface area contributed by atoms with Crippen molar-refractivity contribution in [2.45, 2.75) is 12.6 Å². The fourth-order valence-electron chi connectivity index (χ4n) is 1.87. The largest absolute Gasteiger partial charge is 0.480 e. The summed E-state index contributed by atoms with van der Waals surface area (Å²) in [5.41, 5.74) is -1.07. The van der Waals surface area contributed by atoms with Crippen molar-refractivity contribution in [3.63, 3.8) is 0 Å². The first-order valence-electron chi connectivity index (χ1n) is 5.78. The average Bonchev–Trinajstić information content (AvgIpc) is 2.89. The zero-order valence-electron chi connectivity index (χ0n) is 10.7. The second-order valence-corrected chi connectivity index (χ2v) is 5.34. The van der Waals surface area contributed by atoms with Crippen molar-refractivity contribution in [1.82, 2.24) is 14.0 Å². The molecule has 108 valence electrons. The van der Waals surface area contributed by atoms with Crippen LogP contribution >= 0.6 is 11.8 Å². The van der Waals surface area contributed by atoms with E-state index >= 15 is 0 Å². The summed E-state index contributed by atoms with van der Waals surface area (Å²) in [5.74, 6) is -0.890. The summed E-state index contributed by atoms with van der Waals surface area (Å²) >= 11 is 1.35. The number of aliphatic carboxylic acids is 1. The highest BCUT2D eigenvalue weighted by Crippen LogP contribution is 2.21. The summed E-state index contributed by atoms with van der Waals surface area (Å²) in [5, 5.41) is 9.01. The summed E-state index contributed by atoms with van der Waals surface area (Å²) in [7, 11) is 1.32. The van der Waals surface area contributed by atoms with E-state index in [1.54, 1.807) is 0 Å². The van der Waals surface area contributed by atoms with Crippen LogP contribution in [-0.4, -0.2) is 48.7 Å². The van der Waals surface area contributed by atoms with Gasteiger partial charge >= 0.3 is 11.7 Å². The van der Waals surface area contributed by atoms with E-state index in [1.807, 2.05) is 0 Å². The van der Waals surface area contributed by atoms with E-state index in [2.05, 4.69) is 0 Å². The molecule has 0 saturated carbocycles. The summed E-state index contributed by atoms with van der Waals surface area (Å²) < 4.78 is 1.98. The van der Waals surface area contributed by atoms with Gasteiger partial charge in [0.2, 0.25) is 5.91 Å². The molecule has 1 saturated heterocycles. The Morgan fingerprint density at radius 1 is 1.45 bits per heavy atom. The van der Waals surface area contributed by atoms with E-state index in [-0.39, 0.29) is 12.4 Å². The van der Waals surface area contributed by atoms with Crippen molar-refractivity contribution in [2.75, 3.05) is 11.6 Å². The van der Waals surface area contributed by atoms with E-state index in [4.69, 9.17) is 5.11 Å². The standard InChI is InChI=1S/C11H13N3O5S/c1-12-8(15)2-3-13(11(12)19)4-9(16)14-6-20-5-7(14)10(17)18/h2-3,7H,4-6H2,1H3,(H,17,18). The van der Waals surface area contributed by atoms with Gasteiger partial charge < -0.3 is 10.0 Å². The lowest BCUT2D eigenvalue weighted by Gasteiger charge is -2.20. The number of carboxylic acid groups (broad SMARTS) is 1. The molecule has 8 nitrogen and oxygen atoms in total. The Balaban J connectivity index is 2.20. The molecule has 2 heterocycles. The molecular formula is C11H13N3O5S. The van der Waals surface area contributed by atoms with E-state index in [1.165, 1.54) is 36.0 Å². The van der Waals surface area contributed by atoms with Gasteiger partial charge in [-0.2, -0.15) is 0 Å². The maximum atomic E-state index is 12.1. The van der Waals surface area contributed by atoms with Crippen LogP contribution in [0.5, 0.6) is 0 Å². The predicted octanol–water partition coefficient (Wildman–Crippen LogP) is -1.47. The minimum atomic E-state index is -1.06. The predicted molar refractivity (Wildman–Crippen MR) is 71.5 cm³/mol. The van der Waals surface area contributed by atoms with Crippen LogP contribution in [0.2, 0.25) is 0 Å². The lowest BCUT2D eigenvalue weighted by Crippen LogP contribution is -2.45. The molecule has 9 heteroatoms. The molecule has 0 bridgehead atoms. The average molecular weight is 299 g/mol. The molecule has 0 spiro atoms. The third kappa shape index (κ3) is 2.62. The van der Waals surface area contributed by atoms with Gasteiger partial charge in [-0.3, -0.25) is 18.7 Å². The van der Waals surface area contributed by atoms with Gasteiger partial charge in [-0.1, -0.05) is 0 Å². The van der Waals surface area contributed by atoms with E-state index < -0.39 is 29.2 Å². The van der Waals surface area contributed by atoms with Gasteiger partial charge in [0.05, 0.1) is 5.88 Å². The van der Waals surface area contributed by atoms with Crippen molar-refractivity contribution in [1.29, 1.82) is 0 Å². The molecular weight excluding hydrogens is 286 g/mol. The molecule has 1 amide bonds. The molecule has 1 aliphatic heterocycles. The fourth-order valence-corrected chi connectivity index (χ4v) is 3.04. The molecule has 1 unspecified atom stereocenters. The summed E-state index contributed by atoms with van der Waals surface area (Å²) in [6, 6.07) is 0.318. The summed E-state index contributed by atoms with van der Waals surface area (Å²) in [6.07, 6.45) is 1.24. The van der Waals surface area contributed by atoms with Crippen LogP contribution < -0.4 is 11.2 Å². The van der Waals surface area contributed by atoms with Crippen LogP contribution in [0.3, 0.4) is 0 Å². The minimum Gasteiger partial charge on any atom is -0.480 e. The lowest BCUT2D eigenvalue weighted by molar-refractivity contribution is -0.148. The van der Waals surface area contributed by atoms with Crippen LogP contribution in [0.15, 0.2) is 21.9 Å². The van der Waals surface area contributed by atoms with Crippen LogP contribution in [0, 0.1) is 0 Å². The molecule has 1 N–H and O–H groups in total. The number of carbonyl (C=O) groups is 2. The van der Waals surface area contributed by atoms with Crippen molar-refractivity contribution in [3.8, 4) is 0 Å². The zero-order chi connectivity index (χ0) is 14.9. The first kappa shape index (κ1) is 14.4. The number of nitrogens with zero attached hydrogens (tertiary/aromatic N) is 3. The molecule has 1 aromatic rings. The van der Waals surface area contributed by atoms with Crippen LogP contribution in [0.25, 0.3) is 0 Å². The van der Waals surface area contributed by atoms with Gasteiger partial charge in [-0.15, -0.1) is 11.8 Å². The third-order valence-electron chi connectivity index (χ3n) is 3.05. The van der Waals surface area contributed by atoms with E-state index in [0.717, 1.165) is 9.13 Å². The first-order chi connectivity index (χ1) is 9.41. The van der Waals surface area contributed by atoms with Crippen LogP contribution in [0.4, 0.5) is 0 Å². The quantitative estimate of drug-likeness (QED) is 0.731. The number of thioether (sulfide) groups is 1. The summed E-state index contributed by atoms with van der Waals surface area (Å²) in [4.78, 5) is 47.4. The van der Waals surface area contributed by atoms with Gasteiger partial charge in [0.15, 0.2) is 0 Å². The van der Waals surface area contributed by atoms with Crippen molar-refractivity contribution in [2.24, 2.45) is 7.05 Å². The molecule has 0 aliphatic carbocycles. The molecule has 1 aromatic heterocycles. The van der Waals surface area contributed by atoms with Gasteiger partial charge in [0.1, 0.15) is 12.6 Å². The monoisotopic (exact) mass is 299 g/mol. The first-order valence-corrected chi connectivity index (χ1v) is 6.94. The van der Waals surface area contributed by atoms with Gasteiger partial charge in [-0.05, 0) is 0 Å². The summed E-state index contributed by atoms with van der Waals surface area (Å²) in [6.45, 7) is -0.280. The maximum Gasteiger partial charge on any atom is 0.331 e. The van der Waals surface area contributed by atoms with Gasteiger partial charge in [-0.25, -0.2) is 9.59 Å². The highest BCUT2D eigenvalue weighted by Gasteiger charge is 2.34. The smallest absolute Gasteiger partial charge is 0.331 e. The van der Waals surface area contributed by atoms with Crippen molar-refractivity contribution < 1.29 is 14.7 Å². The maximum absolute atomic E-state index is 12.1. The minimum absolute atomic E-state index is 0.280. The van der Waals surface area contributed by atoms with E-state index in [0.29, 0.717) is 5.75 Å². The SMILES string of the molecule is Cn1c(=O)ccn(CC(=O)N2CSCC2C(=O)O)c1=O. The Bertz CT molecular complexity index is 665. The van der Waals surface area contributed by atoms with Crippen molar-refractivity contribution in [3.05, 3.63) is 33.1 Å². The highest BCUT2D eigenvalue weighted by atomic mass is 32.2. The van der Waals surface area contributed by atoms with Crippen molar-refractivity contribution >= 4 is 23.6 Å². The fraction of sp³-hybridized carbons (Fsp3) is 0.455. The lowest BCUT2D eigenvalue weighted by atomic mass is 10.3. The molecule has 20 heavy (non-hydrogen) atoms. The van der Waals surface area contributed by atoms with Crippen LogP contribution in [0.1, 0.15) is 0 Å². The number of rotatable bonds is 3. The molecule has 1 fully saturated rings. The number of hydrogen-bond acceptors (Lipinski definition) is 5. The number of carboxylic acids is 1. The topological polar surface area (TPSA) is 102 Å². The third-order valence-corrected chi connectivity index (χ3v) is 4.07. The van der Waals surface area contributed by atoms with Gasteiger partial charge in [0.25, 0.3) is 5.56 Å². The number of hydrogen-bond donors (Lipinski definition) is 1.